The lowest BCUT2D eigenvalue weighted by Crippen LogP contribution is -2.01. The van der Waals surface area contributed by atoms with Gasteiger partial charge in [0.2, 0.25) is 0 Å². The van der Waals surface area contributed by atoms with Crippen LogP contribution in [0.2, 0.25) is 5.02 Å². The predicted molar refractivity (Wildman–Crippen MR) is 70.5 cm³/mol. The van der Waals surface area contributed by atoms with Crippen LogP contribution in [0.5, 0.6) is 0 Å². The first-order valence-corrected chi connectivity index (χ1v) is 5.54. The number of terminal acetylenes is 1. The van der Waals surface area contributed by atoms with Gasteiger partial charge in [-0.25, -0.2) is 4.98 Å². The van der Waals surface area contributed by atoms with Crippen LogP contribution in [0.4, 0.5) is 0 Å². The normalized spacial score (nSPS) is 9.94. The maximum atomic E-state index is 5.84. The Kier molecular flexibility index (Phi) is 3.43. The van der Waals surface area contributed by atoms with Crippen LogP contribution >= 0.6 is 11.6 Å². The fraction of sp³-hybridized carbons (Fsp3) is 0.0714. The average molecular weight is 243 g/mol. The van der Waals surface area contributed by atoms with Crippen LogP contribution in [-0.2, 0) is 6.54 Å². The molecule has 0 saturated heterocycles. The summed E-state index contributed by atoms with van der Waals surface area (Å²) in [7, 11) is 0. The van der Waals surface area contributed by atoms with Gasteiger partial charge in [-0.2, -0.15) is 0 Å². The molecule has 0 spiro atoms. The third-order valence-electron chi connectivity index (χ3n) is 2.50. The Labute approximate surface area is 105 Å². The molecule has 1 heterocycles. The summed E-state index contributed by atoms with van der Waals surface area (Å²) in [5.74, 6) is 2.52. The van der Waals surface area contributed by atoms with Gasteiger partial charge >= 0.3 is 0 Å². The number of nitrogens with zero attached hydrogens (tertiary/aromatic N) is 1. The number of pyridine rings is 1. The molecule has 2 N–H and O–H groups in total. The molecule has 0 radical (unpaired) electrons. The second-order valence-electron chi connectivity index (χ2n) is 3.59. The molecule has 0 unspecified atom stereocenters. The zero-order valence-corrected chi connectivity index (χ0v) is 9.91. The maximum absolute atomic E-state index is 5.84. The number of rotatable bonds is 2. The monoisotopic (exact) mass is 242 g/mol. The highest BCUT2D eigenvalue weighted by molar-refractivity contribution is 6.30. The molecule has 1 aromatic heterocycles. The van der Waals surface area contributed by atoms with Crippen molar-refractivity contribution in [2.45, 2.75) is 6.54 Å². The van der Waals surface area contributed by atoms with Crippen LogP contribution in [0.1, 0.15) is 11.3 Å². The maximum Gasteiger partial charge on any atom is 0.117 e. The number of hydrogen-bond donors (Lipinski definition) is 1. The van der Waals surface area contributed by atoms with E-state index in [1.807, 2.05) is 30.3 Å². The van der Waals surface area contributed by atoms with Crippen LogP contribution in [-0.4, -0.2) is 4.98 Å². The molecule has 0 fully saturated rings. The molecule has 3 heteroatoms. The highest BCUT2D eigenvalue weighted by Crippen LogP contribution is 2.22. The minimum Gasteiger partial charge on any atom is -0.326 e. The first kappa shape index (κ1) is 11.7. The van der Waals surface area contributed by atoms with E-state index in [9.17, 15) is 0 Å². The van der Waals surface area contributed by atoms with E-state index in [4.69, 9.17) is 23.8 Å². The van der Waals surface area contributed by atoms with Crippen LogP contribution in [0.25, 0.3) is 11.1 Å². The minimum atomic E-state index is 0.383. The smallest absolute Gasteiger partial charge is 0.117 e. The van der Waals surface area contributed by atoms with Gasteiger partial charge in [0, 0.05) is 28.9 Å². The van der Waals surface area contributed by atoms with Gasteiger partial charge in [-0.05, 0) is 29.7 Å². The van der Waals surface area contributed by atoms with Crippen molar-refractivity contribution in [3.8, 4) is 23.5 Å². The second-order valence-corrected chi connectivity index (χ2v) is 4.02. The van der Waals surface area contributed by atoms with Gasteiger partial charge in [0.15, 0.2) is 0 Å². The summed E-state index contributed by atoms with van der Waals surface area (Å²) >= 11 is 5.84. The van der Waals surface area contributed by atoms with E-state index >= 15 is 0 Å². The average Bonchev–Trinajstić information content (AvgIpc) is 2.39. The molecule has 0 aliphatic rings. The van der Waals surface area contributed by atoms with Gasteiger partial charge in [0.1, 0.15) is 5.69 Å². The largest absolute Gasteiger partial charge is 0.326 e. The topological polar surface area (TPSA) is 38.9 Å². The molecule has 0 aliphatic carbocycles. The fourth-order valence-electron chi connectivity index (χ4n) is 1.60. The van der Waals surface area contributed by atoms with E-state index in [2.05, 4.69) is 10.9 Å². The molecular formula is C14H11ClN2. The van der Waals surface area contributed by atoms with Crippen molar-refractivity contribution in [2.24, 2.45) is 5.73 Å². The standard InChI is InChI=1S/C14H11ClN2/c1-2-14-11(8-16)7-12(9-17-14)10-3-5-13(15)6-4-10/h1,3-7,9H,8,16H2. The molecule has 0 aliphatic heterocycles. The Morgan fingerprint density at radius 2 is 1.94 bits per heavy atom. The van der Waals surface area contributed by atoms with E-state index in [-0.39, 0.29) is 0 Å². The van der Waals surface area contributed by atoms with E-state index in [0.717, 1.165) is 16.7 Å². The molecule has 17 heavy (non-hydrogen) atoms. The van der Waals surface area contributed by atoms with Crippen LogP contribution in [0.15, 0.2) is 36.5 Å². The summed E-state index contributed by atoms with van der Waals surface area (Å²) in [5, 5.41) is 0.709. The summed E-state index contributed by atoms with van der Waals surface area (Å²) < 4.78 is 0. The van der Waals surface area contributed by atoms with Crippen molar-refractivity contribution in [1.82, 2.24) is 4.98 Å². The Morgan fingerprint density at radius 1 is 1.24 bits per heavy atom. The summed E-state index contributed by atoms with van der Waals surface area (Å²) in [6.07, 6.45) is 7.10. The minimum absolute atomic E-state index is 0.383. The molecule has 0 atom stereocenters. The highest BCUT2D eigenvalue weighted by Gasteiger charge is 2.04. The zero-order chi connectivity index (χ0) is 12.3. The lowest BCUT2D eigenvalue weighted by atomic mass is 10.0. The third kappa shape index (κ3) is 2.47. The van der Waals surface area contributed by atoms with E-state index in [1.54, 1.807) is 6.20 Å². The van der Waals surface area contributed by atoms with E-state index in [1.165, 1.54) is 0 Å². The van der Waals surface area contributed by atoms with Crippen molar-refractivity contribution in [1.29, 1.82) is 0 Å². The van der Waals surface area contributed by atoms with Crippen molar-refractivity contribution in [2.75, 3.05) is 0 Å². The summed E-state index contributed by atoms with van der Waals surface area (Å²) in [5.41, 5.74) is 9.15. The lowest BCUT2D eigenvalue weighted by molar-refractivity contribution is 1.04. The molecule has 0 amide bonds. The van der Waals surface area contributed by atoms with Gasteiger partial charge in [-0.1, -0.05) is 23.7 Å². The summed E-state index contributed by atoms with van der Waals surface area (Å²) in [6.45, 7) is 0.383. The molecule has 2 aromatic rings. The van der Waals surface area contributed by atoms with Gasteiger partial charge in [0.05, 0.1) is 0 Å². The number of aromatic nitrogens is 1. The van der Waals surface area contributed by atoms with Crippen molar-refractivity contribution in [3.05, 3.63) is 52.8 Å². The quantitative estimate of drug-likeness (QED) is 0.823. The number of benzene rings is 1. The molecule has 2 nitrogen and oxygen atoms in total. The number of hydrogen-bond acceptors (Lipinski definition) is 2. The Hall–Kier alpha value is -1.82. The Bertz CT molecular complexity index is 568. The zero-order valence-electron chi connectivity index (χ0n) is 9.15. The van der Waals surface area contributed by atoms with Crippen LogP contribution in [0, 0.1) is 12.3 Å². The van der Waals surface area contributed by atoms with Crippen LogP contribution < -0.4 is 5.73 Å². The molecule has 2 rings (SSSR count). The van der Waals surface area contributed by atoms with Gasteiger partial charge in [-0.15, -0.1) is 6.42 Å². The number of halogens is 1. The van der Waals surface area contributed by atoms with E-state index < -0.39 is 0 Å². The Balaban J connectivity index is 2.47. The number of nitrogens with two attached hydrogens (primary N) is 1. The molecule has 84 valence electrons. The Morgan fingerprint density at radius 3 is 2.53 bits per heavy atom. The van der Waals surface area contributed by atoms with E-state index in [0.29, 0.717) is 17.3 Å². The fourth-order valence-corrected chi connectivity index (χ4v) is 1.72. The van der Waals surface area contributed by atoms with Gasteiger partial charge in [0.25, 0.3) is 0 Å². The molecule has 1 aromatic carbocycles. The highest BCUT2D eigenvalue weighted by atomic mass is 35.5. The van der Waals surface area contributed by atoms with Crippen LogP contribution in [0.3, 0.4) is 0 Å². The predicted octanol–water partition coefficient (Wildman–Crippen LogP) is 2.84. The first-order valence-electron chi connectivity index (χ1n) is 5.16. The molecule has 0 saturated carbocycles. The van der Waals surface area contributed by atoms with Gasteiger partial charge in [-0.3, -0.25) is 0 Å². The molecular weight excluding hydrogens is 232 g/mol. The summed E-state index contributed by atoms with van der Waals surface area (Å²) in [6, 6.07) is 9.53. The molecule has 0 bridgehead atoms. The van der Waals surface area contributed by atoms with Gasteiger partial charge < -0.3 is 5.73 Å². The van der Waals surface area contributed by atoms with Crippen molar-refractivity contribution in [3.63, 3.8) is 0 Å². The SMILES string of the molecule is C#Cc1ncc(-c2ccc(Cl)cc2)cc1CN. The lowest BCUT2D eigenvalue weighted by Gasteiger charge is -2.06. The van der Waals surface area contributed by atoms with Crippen molar-refractivity contribution < 1.29 is 0 Å². The first-order chi connectivity index (χ1) is 8.24. The third-order valence-corrected chi connectivity index (χ3v) is 2.75. The second kappa shape index (κ2) is 5.01. The summed E-state index contributed by atoms with van der Waals surface area (Å²) in [4.78, 5) is 4.22. The van der Waals surface area contributed by atoms with Crippen molar-refractivity contribution >= 4 is 11.6 Å².